The van der Waals surface area contributed by atoms with Crippen LogP contribution in [0.4, 0.5) is 0 Å². The number of hydrogen-bond donors (Lipinski definition) is 3. The van der Waals surface area contributed by atoms with E-state index in [-0.39, 0.29) is 22.7 Å². The lowest BCUT2D eigenvalue weighted by atomic mass is 9.95. The number of amides is 1. The molecular formula is C19H28N4O3S. The third kappa shape index (κ3) is 4.50. The summed E-state index contributed by atoms with van der Waals surface area (Å²) < 4.78 is 27.1. The van der Waals surface area contributed by atoms with E-state index in [1.54, 1.807) is 24.3 Å². The van der Waals surface area contributed by atoms with Gasteiger partial charge in [-0.15, -0.1) is 0 Å². The van der Waals surface area contributed by atoms with Crippen LogP contribution in [0.2, 0.25) is 0 Å². The Morgan fingerprint density at radius 1 is 1.37 bits per heavy atom. The van der Waals surface area contributed by atoms with E-state index in [4.69, 9.17) is 0 Å². The number of nitrogens with zero attached hydrogens (tertiary/aromatic N) is 1. The average molecular weight is 393 g/mol. The van der Waals surface area contributed by atoms with Gasteiger partial charge in [-0.2, -0.15) is 0 Å². The second-order valence-electron chi connectivity index (χ2n) is 7.32. The molecule has 0 radical (unpaired) electrons. The maximum atomic E-state index is 12.9. The Bertz CT molecular complexity index is 822. The first-order valence-electron chi connectivity index (χ1n) is 9.63. The summed E-state index contributed by atoms with van der Waals surface area (Å²) in [4.78, 5) is 17.7. The lowest BCUT2D eigenvalue weighted by Gasteiger charge is -2.31. The van der Waals surface area contributed by atoms with Gasteiger partial charge in [-0.1, -0.05) is 38.8 Å². The Labute approximate surface area is 161 Å². The van der Waals surface area contributed by atoms with Gasteiger partial charge in [-0.3, -0.25) is 14.5 Å². The van der Waals surface area contributed by atoms with Crippen LogP contribution in [0, 0.1) is 5.92 Å². The van der Waals surface area contributed by atoms with E-state index in [2.05, 4.69) is 34.2 Å². The molecule has 2 heterocycles. The monoisotopic (exact) mass is 392 g/mol. The van der Waals surface area contributed by atoms with Crippen LogP contribution in [0.5, 0.6) is 0 Å². The van der Waals surface area contributed by atoms with Crippen molar-refractivity contribution in [2.75, 3.05) is 13.1 Å². The summed E-state index contributed by atoms with van der Waals surface area (Å²) in [6, 6.07) is 6.25. The molecule has 1 saturated heterocycles. The number of benzene rings is 1. The van der Waals surface area contributed by atoms with Gasteiger partial charge in [-0.25, -0.2) is 8.42 Å². The van der Waals surface area contributed by atoms with Gasteiger partial charge in [0, 0.05) is 11.6 Å². The van der Waals surface area contributed by atoms with Crippen molar-refractivity contribution in [1.82, 2.24) is 15.4 Å². The molecule has 148 valence electrons. The van der Waals surface area contributed by atoms with Crippen molar-refractivity contribution in [3.05, 3.63) is 29.8 Å². The smallest absolute Gasteiger partial charge is 0.263 e. The van der Waals surface area contributed by atoms with Crippen LogP contribution in [0.1, 0.15) is 45.1 Å². The van der Waals surface area contributed by atoms with Crippen molar-refractivity contribution in [2.45, 2.75) is 56.5 Å². The molecule has 1 fully saturated rings. The minimum atomic E-state index is -3.60. The Balaban J connectivity index is 1.83. The number of carbonyl (C=O) groups excluding carboxylic acids is 1. The Hall–Kier alpha value is -1.93. The quantitative estimate of drug-likeness (QED) is 0.681. The van der Waals surface area contributed by atoms with Gasteiger partial charge >= 0.3 is 0 Å². The van der Waals surface area contributed by atoms with Crippen molar-refractivity contribution in [2.24, 2.45) is 10.9 Å². The molecule has 0 spiro atoms. The molecule has 0 aromatic heterocycles. The fraction of sp³-hybridized carbons (Fsp3) is 0.579. The van der Waals surface area contributed by atoms with Crippen LogP contribution in [-0.2, 0) is 14.8 Å². The fourth-order valence-electron chi connectivity index (χ4n) is 3.54. The second kappa shape index (κ2) is 8.39. The normalized spacial score (nSPS) is 26.2. The molecule has 3 N–H and O–H groups in total. The van der Waals surface area contributed by atoms with E-state index < -0.39 is 16.1 Å². The van der Waals surface area contributed by atoms with E-state index in [0.717, 1.165) is 32.4 Å². The molecular weight excluding hydrogens is 364 g/mol. The van der Waals surface area contributed by atoms with Crippen molar-refractivity contribution in [1.29, 1.82) is 0 Å². The number of sulfonamides is 1. The summed E-state index contributed by atoms with van der Waals surface area (Å²) in [5.41, 5.74) is 0.530. The van der Waals surface area contributed by atoms with Crippen molar-refractivity contribution >= 4 is 21.8 Å². The predicted molar refractivity (Wildman–Crippen MR) is 105 cm³/mol. The standard InChI is InChI=1S/C19H28N4O3S/c1-3-4-8-16(19(24)22-15-10-11-20-12-13(15)2)21-18-14-7-5-6-9-17(14)27(25,26)23-18/h5-7,9,13,15-16,20H,3-4,8,10-12H2,1-2H3,(H,21,23)(H,22,24). The van der Waals surface area contributed by atoms with Crippen LogP contribution in [-0.4, -0.2) is 45.3 Å². The molecule has 27 heavy (non-hydrogen) atoms. The van der Waals surface area contributed by atoms with E-state index >= 15 is 0 Å². The molecule has 8 heteroatoms. The summed E-state index contributed by atoms with van der Waals surface area (Å²) in [7, 11) is -3.60. The third-order valence-corrected chi connectivity index (χ3v) is 6.59. The summed E-state index contributed by atoms with van der Waals surface area (Å²) in [6.45, 7) is 5.94. The molecule has 7 nitrogen and oxygen atoms in total. The van der Waals surface area contributed by atoms with Crippen LogP contribution in [0.25, 0.3) is 0 Å². The van der Waals surface area contributed by atoms with Gasteiger partial charge < -0.3 is 10.6 Å². The SMILES string of the molecule is CCCCC(N=C1NS(=O)(=O)c2ccccc21)C(=O)NC1CCNCC1C. The van der Waals surface area contributed by atoms with E-state index in [0.29, 0.717) is 17.9 Å². The molecule has 3 unspecified atom stereocenters. The Kier molecular flexibility index (Phi) is 6.16. The maximum Gasteiger partial charge on any atom is 0.263 e. The van der Waals surface area contributed by atoms with E-state index in [1.807, 2.05) is 0 Å². The number of hydrogen-bond acceptors (Lipinski definition) is 5. The largest absolute Gasteiger partial charge is 0.351 e. The molecule has 1 aromatic rings. The highest BCUT2D eigenvalue weighted by atomic mass is 32.2. The average Bonchev–Trinajstić information content (AvgIpc) is 2.91. The minimum Gasteiger partial charge on any atom is -0.351 e. The van der Waals surface area contributed by atoms with E-state index in [9.17, 15) is 13.2 Å². The summed E-state index contributed by atoms with van der Waals surface area (Å²) >= 11 is 0. The number of rotatable bonds is 6. The van der Waals surface area contributed by atoms with Gasteiger partial charge in [-0.05, 0) is 44.0 Å². The molecule has 2 aliphatic rings. The molecule has 0 aliphatic carbocycles. The van der Waals surface area contributed by atoms with Gasteiger partial charge in [0.1, 0.15) is 11.9 Å². The number of aliphatic imine (C=N–C) groups is 1. The molecule has 0 bridgehead atoms. The first-order chi connectivity index (χ1) is 12.9. The maximum absolute atomic E-state index is 12.9. The molecule has 3 atom stereocenters. The number of carbonyl (C=O) groups is 1. The van der Waals surface area contributed by atoms with Crippen LogP contribution in [0.15, 0.2) is 34.2 Å². The van der Waals surface area contributed by atoms with Crippen molar-refractivity contribution < 1.29 is 13.2 Å². The van der Waals surface area contributed by atoms with Crippen molar-refractivity contribution in [3.8, 4) is 0 Å². The van der Waals surface area contributed by atoms with Gasteiger partial charge in [0.15, 0.2) is 0 Å². The summed E-state index contributed by atoms with van der Waals surface area (Å²) in [6.07, 6.45) is 3.28. The number of nitrogens with one attached hydrogen (secondary N) is 3. The Morgan fingerprint density at radius 3 is 2.89 bits per heavy atom. The first kappa shape index (κ1) is 19.8. The van der Waals surface area contributed by atoms with Gasteiger partial charge in [0.05, 0.1) is 4.90 Å². The summed E-state index contributed by atoms with van der Waals surface area (Å²) in [5.74, 6) is 0.492. The number of fused-ring (bicyclic) bond motifs is 1. The molecule has 1 amide bonds. The molecule has 0 saturated carbocycles. The molecule has 1 aromatic carbocycles. The lowest BCUT2D eigenvalue weighted by Crippen LogP contribution is -2.50. The first-order valence-corrected chi connectivity index (χ1v) is 11.1. The number of amidine groups is 1. The number of piperidine rings is 1. The number of unbranched alkanes of at least 4 members (excludes halogenated alkanes) is 1. The van der Waals surface area contributed by atoms with Crippen LogP contribution in [0.3, 0.4) is 0 Å². The zero-order valence-electron chi connectivity index (χ0n) is 15.9. The van der Waals surface area contributed by atoms with E-state index in [1.165, 1.54) is 0 Å². The minimum absolute atomic E-state index is 0.121. The van der Waals surface area contributed by atoms with Gasteiger partial charge in [0.25, 0.3) is 10.0 Å². The lowest BCUT2D eigenvalue weighted by molar-refractivity contribution is -0.123. The highest BCUT2D eigenvalue weighted by Gasteiger charge is 2.32. The zero-order chi connectivity index (χ0) is 19.4. The third-order valence-electron chi connectivity index (χ3n) is 5.19. The highest BCUT2D eigenvalue weighted by Crippen LogP contribution is 2.23. The molecule has 2 aliphatic heterocycles. The second-order valence-corrected chi connectivity index (χ2v) is 8.97. The molecule has 3 rings (SSSR count). The Morgan fingerprint density at radius 2 is 2.15 bits per heavy atom. The highest BCUT2D eigenvalue weighted by molar-refractivity contribution is 7.90. The van der Waals surface area contributed by atoms with Crippen molar-refractivity contribution in [3.63, 3.8) is 0 Å². The van der Waals surface area contributed by atoms with Gasteiger partial charge in [0.2, 0.25) is 5.91 Å². The summed E-state index contributed by atoms with van der Waals surface area (Å²) in [5, 5.41) is 6.46. The predicted octanol–water partition coefficient (Wildman–Crippen LogP) is 1.40. The van der Waals surface area contributed by atoms with Crippen LogP contribution < -0.4 is 15.4 Å². The van der Waals surface area contributed by atoms with Crippen LogP contribution >= 0.6 is 0 Å². The topological polar surface area (TPSA) is 99.7 Å². The fourth-order valence-corrected chi connectivity index (χ4v) is 4.78. The zero-order valence-corrected chi connectivity index (χ0v) is 16.7.